The Balaban J connectivity index is 1.78. The van der Waals surface area contributed by atoms with Crippen molar-refractivity contribution in [3.8, 4) is 0 Å². The molecule has 21 heavy (non-hydrogen) atoms. The van der Waals surface area contributed by atoms with Gasteiger partial charge in [-0.1, -0.05) is 38.1 Å². The van der Waals surface area contributed by atoms with Crippen molar-refractivity contribution in [2.75, 3.05) is 39.3 Å². The molecule has 0 aromatic heterocycles. The third-order valence-electron chi connectivity index (χ3n) is 4.66. The molecule has 0 spiro atoms. The molecule has 0 radical (unpaired) electrons. The summed E-state index contributed by atoms with van der Waals surface area (Å²) in [4.78, 5) is 4.99. The summed E-state index contributed by atoms with van der Waals surface area (Å²) in [6.45, 7) is 11.5. The van der Waals surface area contributed by atoms with E-state index < -0.39 is 0 Å². The molecule has 0 aliphatic carbocycles. The summed E-state index contributed by atoms with van der Waals surface area (Å²) in [7, 11) is 0. The van der Waals surface area contributed by atoms with Crippen LogP contribution in [0.4, 0.5) is 0 Å². The lowest BCUT2D eigenvalue weighted by Crippen LogP contribution is -2.46. The van der Waals surface area contributed by atoms with E-state index in [-0.39, 0.29) is 0 Å². The molecule has 2 rings (SSSR count). The van der Waals surface area contributed by atoms with Gasteiger partial charge in [0, 0.05) is 45.9 Å². The van der Waals surface area contributed by atoms with Crippen LogP contribution < -0.4 is 0 Å². The maximum atomic E-state index is 8.89. The molecule has 3 heteroatoms. The van der Waals surface area contributed by atoms with Gasteiger partial charge in [0.1, 0.15) is 0 Å². The van der Waals surface area contributed by atoms with E-state index in [0.717, 1.165) is 45.7 Å². The molecule has 3 nitrogen and oxygen atoms in total. The number of hydrogen-bond donors (Lipinski definition) is 1. The number of benzene rings is 1. The van der Waals surface area contributed by atoms with Gasteiger partial charge in [-0.25, -0.2) is 0 Å². The van der Waals surface area contributed by atoms with Crippen LogP contribution in [0.5, 0.6) is 0 Å². The topological polar surface area (TPSA) is 26.7 Å². The van der Waals surface area contributed by atoms with Gasteiger partial charge >= 0.3 is 0 Å². The molecule has 1 N–H and O–H groups in total. The second kappa shape index (κ2) is 8.52. The van der Waals surface area contributed by atoms with Crippen molar-refractivity contribution in [1.29, 1.82) is 0 Å². The van der Waals surface area contributed by atoms with Gasteiger partial charge < -0.3 is 10.0 Å². The molecule has 1 aliphatic rings. The lowest BCUT2D eigenvalue weighted by molar-refractivity contribution is 0.120. The highest BCUT2D eigenvalue weighted by Crippen LogP contribution is 2.19. The summed E-state index contributed by atoms with van der Waals surface area (Å²) < 4.78 is 0. The highest BCUT2D eigenvalue weighted by atomic mass is 16.3. The number of aliphatic hydroxyl groups is 1. The molecule has 0 bridgehead atoms. The van der Waals surface area contributed by atoms with Crippen molar-refractivity contribution in [2.45, 2.75) is 39.2 Å². The van der Waals surface area contributed by atoms with Crippen LogP contribution in [0.3, 0.4) is 0 Å². The third kappa shape index (κ3) is 5.10. The Morgan fingerprint density at radius 3 is 2.24 bits per heavy atom. The first-order valence-electron chi connectivity index (χ1n) is 8.37. The molecule has 118 valence electrons. The van der Waals surface area contributed by atoms with Crippen LogP contribution in [0.2, 0.25) is 0 Å². The Labute approximate surface area is 129 Å². The van der Waals surface area contributed by atoms with E-state index in [2.05, 4.69) is 47.9 Å². The molecular weight excluding hydrogens is 260 g/mol. The van der Waals surface area contributed by atoms with Crippen LogP contribution in [0, 0.1) is 0 Å². The SMILES string of the molecule is CCC(C)c1ccc(CN2CCN(CCCO)CC2)cc1. The summed E-state index contributed by atoms with van der Waals surface area (Å²) in [6.07, 6.45) is 2.10. The largest absolute Gasteiger partial charge is 0.396 e. The van der Waals surface area contributed by atoms with Crippen molar-refractivity contribution < 1.29 is 5.11 Å². The second-order valence-electron chi connectivity index (χ2n) is 6.25. The molecule has 1 fully saturated rings. The number of hydrogen-bond acceptors (Lipinski definition) is 3. The Hall–Kier alpha value is -0.900. The van der Waals surface area contributed by atoms with E-state index in [1.165, 1.54) is 17.5 Å². The average molecular weight is 290 g/mol. The van der Waals surface area contributed by atoms with Gasteiger partial charge in [-0.2, -0.15) is 0 Å². The minimum Gasteiger partial charge on any atom is -0.396 e. The standard InChI is InChI=1S/C18H30N2O/c1-3-16(2)18-7-5-17(6-8-18)15-20-12-10-19(11-13-20)9-4-14-21/h5-8,16,21H,3-4,9-15H2,1-2H3. The van der Waals surface area contributed by atoms with Crippen LogP contribution in [-0.4, -0.2) is 54.2 Å². The molecule has 1 atom stereocenters. The normalized spacial score (nSPS) is 18.8. The second-order valence-corrected chi connectivity index (χ2v) is 6.25. The van der Waals surface area contributed by atoms with E-state index in [9.17, 15) is 0 Å². The fraction of sp³-hybridized carbons (Fsp3) is 0.667. The Morgan fingerprint density at radius 1 is 1.05 bits per heavy atom. The van der Waals surface area contributed by atoms with Crippen molar-refractivity contribution in [3.05, 3.63) is 35.4 Å². The Bertz CT molecular complexity index is 396. The smallest absolute Gasteiger partial charge is 0.0443 e. The minimum atomic E-state index is 0.308. The maximum absolute atomic E-state index is 8.89. The number of rotatable bonds is 7. The molecule has 0 saturated carbocycles. The monoisotopic (exact) mass is 290 g/mol. The molecule has 1 aliphatic heterocycles. The first kappa shape index (κ1) is 16.5. The van der Waals surface area contributed by atoms with Gasteiger partial charge in [-0.15, -0.1) is 0 Å². The van der Waals surface area contributed by atoms with E-state index in [1.54, 1.807) is 0 Å². The van der Waals surface area contributed by atoms with Gasteiger partial charge in [0.05, 0.1) is 0 Å². The zero-order chi connectivity index (χ0) is 15.1. The van der Waals surface area contributed by atoms with E-state index in [4.69, 9.17) is 5.11 Å². The van der Waals surface area contributed by atoms with Crippen molar-refractivity contribution in [2.24, 2.45) is 0 Å². The number of aliphatic hydroxyl groups excluding tert-OH is 1. The Morgan fingerprint density at radius 2 is 1.67 bits per heavy atom. The quantitative estimate of drug-likeness (QED) is 0.836. The maximum Gasteiger partial charge on any atom is 0.0443 e. The van der Waals surface area contributed by atoms with E-state index in [1.807, 2.05) is 0 Å². The molecule has 1 saturated heterocycles. The summed E-state index contributed by atoms with van der Waals surface area (Å²) in [5.74, 6) is 0.661. The molecule has 1 aromatic rings. The highest BCUT2D eigenvalue weighted by Gasteiger charge is 2.16. The van der Waals surface area contributed by atoms with Gasteiger partial charge in [0.2, 0.25) is 0 Å². The minimum absolute atomic E-state index is 0.308. The highest BCUT2D eigenvalue weighted by molar-refractivity contribution is 5.25. The molecule has 0 amide bonds. The van der Waals surface area contributed by atoms with Crippen LogP contribution in [0.15, 0.2) is 24.3 Å². The molecular formula is C18H30N2O. The lowest BCUT2D eigenvalue weighted by atomic mass is 9.97. The molecule has 1 heterocycles. The van der Waals surface area contributed by atoms with Gasteiger partial charge in [-0.05, 0) is 29.9 Å². The summed E-state index contributed by atoms with van der Waals surface area (Å²) in [5.41, 5.74) is 2.88. The average Bonchev–Trinajstić information content (AvgIpc) is 2.54. The van der Waals surface area contributed by atoms with E-state index in [0.29, 0.717) is 12.5 Å². The van der Waals surface area contributed by atoms with E-state index >= 15 is 0 Å². The summed E-state index contributed by atoms with van der Waals surface area (Å²) >= 11 is 0. The first-order valence-corrected chi connectivity index (χ1v) is 8.37. The predicted molar refractivity (Wildman–Crippen MR) is 88.6 cm³/mol. The molecule has 1 aromatic carbocycles. The predicted octanol–water partition coefficient (Wildman–Crippen LogP) is 2.70. The molecule has 1 unspecified atom stereocenters. The van der Waals surface area contributed by atoms with Crippen LogP contribution in [-0.2, 0) is 6.54 Å². The first-order chi connectivity index (χ1) is 10.2. The van der Waals surface area contributed by atoms with Gasteiger partial charge in [-0.3, -0.25) is 4.90 Å². The Kier molecular flexibility index (Phi) is 6.68. The summed E-state index contributed by atoms with van der Waals surface area (Å²) in [5, 5.41) is 8.89. The van der Waals surface area contributed by atoms with Crippen molar-refractivity contribution in [1.82, 2.24) is 9.80 Å². The van der Waals surface area contributed by atoms with Crippen molar-refractivity contribution in [3.63, 3.8) is 0 Å². The summed E-state index contributed by atoms with van der Waals surface area (Å²) in [6, 6.07) is 9.17. The number of nitrogens with zero attached hydrogens (tertiary/aromatic N) is 2. The fourth-order valence-corrected chi connectivity index (χ4v) is 2.91. The van der Waals surface area contributed by atoms with Crippen LogP contribution in [0.25, 0.3) is 0 Å². The van der Waals surface area contributed by atoms with Crippen LogP contribution >= 0.6 is 0 Å². The number of piperazine rings is 1. The lowest BCUT2D eigenvalue weighted by Gasteiger charge is -2.34. The van der Waals surface area contributed by atoms with Gasteiger partial charge in [0.15, 0.2) is 0 Å². The van der Waals surface area contributed by atoms with Crippen LogP contribution in [0.1, 0.15) is 43.7 Å². The zero-order valence-electron chi connectivity index (χ0n) is 13.6. The third-order valence-corrected chi connectivity index (χ3v) is 4.66. The fourth-order valence-electron chi connectivity index (χ4n) is 2.91. The van der Waals surface area contributed by atoms with Gasteiger partial charge in [0.25, 0.3) is 0 Å². The van der Waals surface area contributed by atoms with Crippen molar-refractivity contribution >= 4 is 0 Å². The zero-order valence-corrected chi connectivity index (χ0v) is 13.6.